The number of aromatic nitrogens is 2. The molecule has 1 N–H and O–H groups in total. The molecule has 10 heteroatoms. The summed E-state index contributed by atoms with van der Waals surface area (Å²) in [6.07, 6.45) is 1.14. The van der Waals surface area contributed by atoms with Gasteiger partial charge in [-0.2, -0.15) is 0 Å². The van der Waals surface area contributed by atoms with Crippen LogP contribution in [-0.2, 0) is 30.3 Å². The van der Waals surface area contributed by atoms with Gasteiger partial charge in [0.15, 0.2) is 5.76 Å². The first-order valence-electron chi connectivity index (χ1n) is 8.37. The van der Waals surface area contributed by atoms with Crippen LogP contribution in [0, 0.1) is 0 Å². The number of esters is 2. The second kappa shape index (κ2) is 8.98. The first-order chi connectivity index (χ1) is 13.4. The van der Waals surface area contributed by atoms with E-state index in [1.165, 1.54) is 0 Å². The van der Waals surface area contributed by atoms with Crippen LogP contribution >= 0.6 is 0 Å². The van der Waals surface area contributed by atoms with Gasteiger partial charge in [-0.05, 0) is 24.2 Å². The number of nitrogens with one attached hydrogen (secondary N) is 1. The minimum atomic E-state index is -2.16. The molecule has 2 heterocycles. The Morgan fingerprint density at radius 1 is 1.18 bits per heavy atom. The minimum absolute atomic E-state index is 0.0895. The van der Waals surface area contributed by atoms with Crippen LogP contribution in [0.25, 0.3) is 11.3 Å². The zero-order chi connectivity index (χ0) is 20.7. The predicted octanol–water partition coefficient (Wildman–Crippen LogP) is 0.899. The Hall–Kier alpha value is -3.43. The molecule has 0 saturated heterocycles. The molecule has 0 aliphatic rings. The summed E-state index contributed by atoms with van der Waals surface area (Å²) in [6, 6.07) is 5.16. The fraction of sp³-hybridized carbons (Fsp3) is 0.389. The number of carbonyl (C=O) groups is 3. The van der Waals surface area contributed by atoms with Crippen LogP contribution in [0.1, 0.15) is 19.6 Å². The maximum absolute atomic E-state index is 12.5. The van der Waals surface area contributed by atoms with Crippen molar-refractivity contribution in [1.29, 1.82) is 0 Å². The molecular formula is C18H21N3O7. The third kappa shape index (κ3) is 4.11. The molecule has 28 heavy (non-hydrogen) atoms. The molecule has 0 radical (unpaired) electrons. The molecule has 2 aromatic rings. The first-order valence-corrected chi connectivity index (χ1v) is 8.37. The Kier molecular flexibility index (Phi) is 6.69. The van der Waals surface area contributed by atoms with E-state index in [9.17, 15) is 14.4 Å². The van der Waals surface area contributed by atoms with Gasteiger partial charge in [0.25, 0.3) is 5.88 Å². The van der Waals surface area contributed by atoms with Crippen LogP contribution in [0.4, 0.5) is 0 Å². The van der Waals surface area contributed by atoms with Crippen LogP contribution in [0.5, 0.6) is 5.88 Å². The third-order valence-electron chi connectivity index (χ3n) is 3.82. The van der Waals surface area contributed by atoms with Crippen LogP contribution in [0.2, 0.25) is 0 Å². The summed E-state index contributed by atoms with van der Waals surface area (Å²) in [5.41, 5.74) is -1.36. The van der Waals surface area contributed by atoms with E-state index in [2.05, 4.69) is 15.5 Å². The number of hydrogen-bond donors (Lipinski definition) is 1. The average molecular weight is 391 g/mol. The molecule has 0 unspecified atom stereocenters. The van der Waals surface area contributed by atoms with Gasteiger partial charge in [0.2, 0.25) is 11.4 Å². The van der Waals surface area contributed by atoms with Crippen molar-refractivity contribution in [2.24, 2.45) is 0 Å². The number of pyridine rings is 1. The molecule has 0 atom stereocenters. The van der Waals surface area contributed by atoms with Crippen LogP contribution in [-0.4, -0.2) is 54.4 Å². The summed E-state index contributed by atoms with van der Waals surface area (Å²) in [5, 5.41) is 6.19. The van der Waals surface area contributed by atoms with E-state index in [-0.39, 0.29) is 11.6 Å². The predicted molar refractivity (Wildman–Crippen MR) is 95.2 cm³/mol. The molecule has 0 aromatic carbocycles. The summed E-state index contributed by atoms with van der Waals surface area (Å²) >= 11 is 0. The lowest BCUT2D eigenvalue weighted by molar-refractivity contribution is -0.165. The highest BCUT2D eigenvalue weighted by atomic mass is 16.6. The largest absolute Gasteiger partial charge is 0.475 e. The molecule has 150 valence electrons. The van der Waals surface area contributed by atoms with Crippen LogP contribution < -0.4 is 10.1 Å². The van der Waals surface area contributed by atoms with Gasteiger partial charge in [-0.3, -0.25) is 9.78 Å². The molecule has 2 rings (SSSR count). The average Bonchev–Trinajstić information content (AvgIpc) is 3.08. The van der Waals surface area contributed by atoms with Gasteiger partial charge in [0.1, 0.15) is 5.56 Å². The Labute approximate surface area is 161 Å². The number of methoxy groups -OCH3 is 2. The molecule has 1 amide bonds. The fourth-order valence-electron chi connectivity index (χ4n) is 2.69. The molecule has 0 aliphatic carbocycles. The summed E-state index contributed by atoms with van der Waals surface area (Å²) < 4.78 is 20.3. The van der Waals surface area contributed by atoms with Crippen molar-refractivity contribution in [1.82, 2.24) is 15.5 Å². The van der Waals surface area contributed by atoms with Gasteiger partial charge in [-0.25, -0.2) is 9.59 Å². The molecule has 2 aromatic heterocycles. The van der Waals surface area contributed by atoms with Crippen molar-refractivity contribution in [3.05, 3.63) is 30.2 Å². The lowest BCUT2D eigenvalue weighted by Crippen LogP contribution is -2.62. The number of rotatable bonds is 8. The number of nitrogens with zero attached hydrogens (tertiary/aromatic N) is 2. The van der Waals surface area contributed by atoms with E-state index < -0.39 is 29.8 Å². The number of amides is 1. The SMILES string of the molecule is CCOc1noc(CC(NC(C)=O)(C(=O)OC)C(=O)OC)c1-c1ccccn1. The number of carbonyl (C=O) groups excluding carboxylic acids is 3. The third-order valence-corrected chi connectivity index (χ3v) is 3.82. The van der Waals surface area contributed by atoms with Gasteiger partial charge >= 0.3 is 11.9 Å². The lowest BCUT2D eigenvalue weighted by Gasteiger charge is -2.27. The summed E-state index contributed by atoms with van der Waals surface area (Å²) in [5.74, 6) is -2.44. The standard InChI is InChI=1S/C18H21N3O7/c1-5-27-15-14(12-8-6-7-9-19-12)13(28-21-15)10-18(16(23)25-3,17(24)26-4)20-11(2)22/h6-9H,5,10H2,1-4H3,(H,20,22). The van der Waals surface area contributed by atoms with E-state index in [1.54, 1.807) is 31.3 Å². The van der Waals surface area contributed by atoms with E-state index in [4.69, 9.17) is 18.7 Å². The van der Waals surface area contributed by atoms with E-state index in [0.717, 1.165) is 21.1 Å². The Morgan fingerprint density at radius 3 is 2.36 bits per heavy atom. The molecule has 0 fully saturated rings. The normalized spacial score (nSPS) is 10.9. The lowest BCUT2D eigenvalue weighted by atomic mass is 9.91. The van der Waals surface area contributed by atoms with Gasteiger partial charge < -0.3 is 24.1 Å². The fourth-order valence-corrected chi connectivity index (χ4v) is 2.69. The van der Waals surface area contributed by atoms with Gasteiger partial charge in [-0.1, -0.05) is 6.07 Å². The zero-order valence-corrected chi connectivity index (χ0v) is 16.0. The maximum atomic E-state index is 12.5. The highest BCUT2D eigenvalue weighted by Crippen LogP contribution is 2.34. The molecule has 0 bridgehead atoms. The Morgan fingerprint density at radius 2 is 1.86 bits per heavy atom. The Balaban J connectivity index is 2.62. The van der Waals surface area contributed by atoms with Crippen LogP contribution in [0.3, 0.4) is 0 Å². The van der Waals surface area contributed by atoms with Gasteiger partial charge in [0.05, 0.1) is 32.9 Å². The second-order valence-corrected chi connectivity index (χ2v) is 5.68. The van der Waals surface area contributed by atoms with Gasteiger partial charge in [0, 0.05) is 13.1 Å². The quantitative estimate of drug-likeness (QED) is 0.515. The van der Waals surface area contributed by atoms with Crippen molar-refractivity contribution in [2.45, 2.75) is 25.8 Å². The molecule has 0 spiro atoms. The summed E-state index contributed by atoms with van der Waals surface area (Å²) in [4.78, 5) is 41.0. The highest BCUT2D eigenvalue weighted by molar-refractivity contribution is 6.08. The van der Waals surface area contributed by atoms with Crippen LogP contribution in [0.15, 0.2) is 28.9 Å². The number of hydrogen-bond acceptors (Lipinski definition) is 9. The minimum Gasteiger partial charge on any atom is -0.475 e. The zero-order valence-electron chi connectivity index (χ0n) is 16.0. The topological polar surface area (TPSA) is 130 Å². The van der Waals surface area contributed by atoms with Gasteiger partial charge in [-0.15, -0.1) is 0 Å². The smallest absolute Gasteiger partial charge is 0.343 e. The molecular weight excluding hydrogens is 370 g/mol. The Bertz CT molecular complexity index is 832. The number of ether oxygens (including phenoxy) is 3. The molecule has 10 nitrogen and oxygen atoms in total. The molecule has 0 aliphatic heterocycles. The maximum Gasteiger partial charge on any atom is 0.343 e. The van der Waals surface area contributed by atoms with E-state index in [1.807, 2.05) is 0 Å². The van der Waals surface area contributed by atoms with Crippen molar-refractivity contribution >= 4 is 17.8 Å². The highest BCUT2D eigenvalue weighted by Gasteiger charge is 2.51. The molecule has 0 saturated carbocycles. The summed E-state index contributed by atoms with van der Waals surface area (Å²) in [7, 11) is 2.18. The van der Waals surface area contributed by atoms with Crippen molar-refractivity contribution in [3.8, 4) is 17.1 Å². The van der Waals surface area contributed by atoms with E-state index in [0.29, 0.717) is 17.9 Å². The second-order valence-electron chi connectivity index (χ2n) is 5.68. The monoisotopic (exact) mass is 391 g/mol. The first kappa shape index (κ1) is 20.9. The van der Waals surface area contributed by atoms with Crippen molar-refractivity contribution in [3.63, 3.8) is 0 Å². The summed E-state index contributed by atoms with van der Waals surface area (Å²) in [6.45, 7) is 3.23. The van der Waals surface area contributed by atoms with Crippen molar-refractivity contribution in [2.75, 3.05) is 20.8 Å². The van der Waals surface area contributed by atoms with E-state index >= 15 is 0 Å². The van der Waals surface area contributed by atoms with Crippen molar-refractivity contribution < 1.29 is 33.1 Å².